The van der Waals surface area contributed by atoms with Gasteiger partial charge in [-0.3, -0.25) is 9.59 Å². The molecule has 2 aliphatic rings. The Labute approximate surface area is 117 Å². The summed E-state index contributed by atoms with van der Waals surface area (Å²) in [5.41, 5.74) is 0.591. The number of aliphatic carboxylic acids is 1. The fraction of sp³-hybridized carbons (Fsp3) is 0.600. The first kappa shape index (κ1) is 13.2. The van der Waals surface area contributed by atoms with E-state index in [1.54, 1.807) is 13.0 Å². The summed E-state index contributed by atoms with van der Waals surface area (Å²) in [7, 11) is 0. The van der Waals surface area contributed by atoms with E-state index in [-0.39, 0.29) is 17.2 Å². The molecule has 1 aliphatic carbocycles. The minimum Gasteiger partial charge on any atom is -0.481 e. The molecule has 1 aromatic heterocycles. The van der Waals surface area contributed by atoms with E-state index in [4.69, 9.17) is 9.52 Å². The van der Waals surface area contributed by atoms with Crippen LogP contribution in [0, 0.1) is 25.2 Å². The van der Waals surface area contributed by atoms with Gasteiger partial charge in [-0.25, -0.2) is 0 Å². The minimum atomic E-state index is -0.689. The van der Waals surface area contributed by atoms with E-state index in [1.807, 2.05) is 11.8 Å². The molecule has 0 aromatic carbocycles. The summed E-state index contributed by atoms with van der Waals surface area (Å²) in [4.78, 5) is 25.3. The number of furan rings is 1. The van der Waals surface area contributed by atoms with Crippen molar-refractivity contribution >= 4 is 11.9 Å². The molecular formula is C15H19NO4. The number of nitrogens with zero attached hydrogens (tertiary/aromatic N) is 1. The Morgan fingerprint density at radius 1 is 1.35 bits per heavy atom. The van der Waals surface area contributed by atoms with Crippen molar-refractivity contribution in [2.45, 2.75) is 33.1 Å². The van der Waals surface area contributed by atoms with Crippen molar-refractivity contribution in [3.05, 3.63) is 23.2 Å². The number of hydrogen-bond acceptors (Lipinski definition) is 3. The zero-order valence-electron chi connectivity index (χ0n) is 11.8. The Bertz CT molecular complexity index is 566. The molecule has 5 nitrogen and oxygen atoms in total. The summed E-state index contributed by atoms with van der Waals surface area (Å²) in [6.45, 7) is 4.92. The van der Waals surface area contributed by atoms with Gasteiger partial charge in [-0.05, 0) is 44.6 Å². The second-order valence-electron chi connectivity index (χ2n) is 6.08. The van der Waals surface area contributed by atoms with Crippen LogP contribution >= 0.6 is 0 Å². The monoisotopic (exact) mass is 277 g/mol. The van der Waals surface area contributed by atoms with Crippen LogP contribution in [0.1, 0.15) is 41.1 Å². The van der Waals surface area contributed by atoms with E-state index in [0.717, 1.165) is 25.0 Å². The predicted octanol–water partition coefficient (Wildman–Crippen LogP) is 2.22. The van der Waals surface area contributed by atoms with Gasteiger partial charge in [0.1, 0.15) is 11.5 Å². The van der Waals surface area contributed by atoms with Crippen LogP contribution in [0.2, 0.25) is 0 Å². The van der Waals surface area contributed by atoms with Crippen LogP contribution in [-0.2, 0) is 4.79 Å². The molecule has 0 bridgehead atoms. The summed E-state index contributed by atoms with van der Waals surface area (Å²) in [6, 6.07) is 1.78. The van der Waals surface area contributed by atoms with E-state index < -0.39 is 5.97 Å². The highest BCUT2D eigenvalue weighted by atomic mass is 16.4. The van der Waals surface area contributed by atoms with Crippen molar-refractivity contribution in [2.75, 3.05) is 13.1 Å². The third-order valence-corrected chi connectivity index (χ3v) is 4.81. The Morgan fingerprint density at radius 2 is 2.00 bits per heavy atom. The van der Waals surface area contributed by atoms with Crippen molar-refractivity contribution < 1.29 is 19.1 Å². The third kappa shape index (κ3) is 2.01. The maximum atomic E-state index is 12.4. The minimum absolute atomic E-state index is 0.00160. The number of carbonyl (C=O) groups is 2. The van der Waals surface area contributed by atoms with Crippen LogP contribution in [0.3, 0.4) is 0 Å². The van der Waals surface area contributed by atoms with Crippen molar-refractivity contribution in [3.63, 3.8) is 0 Å². The molecule has 1 unspecified atom stereocenters. The highest BCUT2D eigenvalue weighted by Crippen LogP contribution is 2.59. The number of hydrogen-bond donors (Lipinski definition) is 1. The van der Waals surface area contributed by atoms with Gasteiger partial charge >= 0.3 is 5.97 Å². The molecule has 1 saturated heterocycles. The standard InChI is InChI=1S/C15H19NO4/c1-9-7-11(10(2)20-9)13(17)16-5-3-15(4-6-16)8-12(15)14(18)19/h7,12H,3-6,8H2,1-2H3,(H,18,19). The van der Waals surface area contributed by atoms with Gasteiger partial charge in [-0.15, -0.1) is 0 Å². The number of amides is 1. The van der Waals surface area contributed by atoms with Crippen LogP contribution < -0.4 is 0 Å². The Hall–Kier alpha value is -1.78. The lowest BCUT2D eigenvalue weighted by Crippen LogP contribution is -2.40. The molecule has 2 heterocycles. The fourth-order valence-electron chi connectivity index (χ4n) is 3.42. The van der Waals surface area contributed by atoms with Gasteiger partial charge in [0.05, 0.1) is 11.5 Å². The Morgan fingerprint density at radius 3 is 2.45 bits per heavy atom. The number of aryl methyl sites for hydroxylation is 2. The number of carboxylic acid groups (broad SMARTS) is 1. The van der Waals surface area contributed by atoms with Gasteiger partial charge in [0.2, 0.25) is 0 Å². The first-order chi connectivity index (χ1) is 9.43. The van der Waals surface area contributed by atoms with E-state index in [9.17, 15) is 9.59 Å². The summed E-state index contributed by atoms with van der Waals surface area (Å²) in [5.74, 6) is 0.514. The summed E-state index contributed by atoms with van der Waals surface area (Å²) in [5, 5.41) is 9.07. The van der Waals surface area contributed by atoms with Crippen molar-refractivity contribution in [1.29, 1.82) is 0 Å². The van der Waals surface area contributed by atoms with Gasteiger partial charge in [0, 0.05) is 13.1 Å². The van der Waals surface area contributed by atoms with Crippen LogP contribution in [0.4, 0.5) is 0 Å². The second-order valence-corrected chi connectivity index (χ2v) is 6.08. The lowest BCUT2D eigenvalue weighted by molar-refractivity contribution is -0.139. The maximum absolute atomic E-state index is 12.4. The molecule has 20 heavy (non-hydrogen) atoms. The molecule has 2 fully saturated rings. The normalized spacial score (nSPS) is 23.9. The van der Waals surface area contributed by atoms with E-state index in [2.05, 4.69) is 0 Å². The van der Waals surface area contributed by atoms with Crippen LogP contribution in [0.5, 0.6) is 0 Å². The van der Waals surface area contributed by atoms with Gasteiger partial charge in [0.15, 0.2) is 0 Å². The zero-order chi connectivity index (χ0) is 14.5. The number of piperidine rings is 1. The molecule has 1 aliphatic heterocycles. The largest absolute Gasteiger partial charge is 0.481 e. The molecule has 1 aromatic rings. The van der Waals surface area contributed by atoms with Crippen LogP contribution in [-0.4, -0.2) is 35.0 Å². The SMILES string of the molecule is Cc1cc(C(=O)N2CCC3(CC2)CC3C(=O)O)c(C)o1. The molecule has 3 rings (SSSR count). The van der Waals surface area contributed by atoms with Crippen LogP contribution in [0.25, 0.3) is 0 Å². The Balaban J connectivity index is 1.66. The van der Waals surface area contributed by atoms with Crippen molar-refractivity contribution in [1.82, 2.24) is 4.90 Å². The molecule has 5 heteroatoms. The number of likely N-dealkylation sites (tertiary alicyclic amines) is 1. The molecule has 1 N–H and O–H groups in total. The van der Waals surface area contributed by atoms with Crippen molar-refractivity contribution in [3.8, 4) is 0 Å². The molecule has 1 saturated carbocycles. The van der Waals surface area contributed by atoms with Gasteiger partial charge in [-0.2, -0.15) is 0 Å². The van der Waals surface area contributed by atoms with E-state index in [1.165, 1.54) is 0 Å². The average molecular weight is 277 g/mol. The third-order valence-electron chi connectivity index (χ3n) is 4.81. The lowest BCUT2D eigenvalue weighted by atomic mass is 9.90. The number of carboxylic acids is 1. The van der Waals surface area contributed by atoms with Crippen LogP contribution in [0.15, 0.2) is 10.5 Å². The predicted molar refractivity (Wildman–Crippen MR) is 71.5 cm³/mol. The Kier molecular flexibility index (Phi) is 2.88. The number of carbonyl (C=O) groups excluding carboxylic acids is 1. The summed E-state index contributed by atoms with van der Waals surface area (Å²) >= 11 is 0. The maximum Gasteiger partial charge on any atom is 0.307 e. The molecule has 108 valence electrons. The van der Waals surface area contributed by atoms with E-state index >= 15 is 0 Å². The summed E-state index contributed by atoms with van der Waals surface area (Å²) in [6.07, 6.45) is 2.37. The average Bonchev–Trinajstić information content (AvgIpc) is 2.99. The first-order valence-corrected chi connectivity index (χ1v) is 7.02. The lowest BCUT2D eigenvalue weighted by Gasteiger charge is -2.32. The van der Waals surface area contributed by atoms with E-state index in [0.29, 0.717) is 24.4 Å². The topological polar surface area (TPSA) is 70.8 Å². The van der Waals surface area contributed by atoms with Gasteiger partial charge in [-0.1, -0.05) is 0 Å². The smallest absolute Gasteiger partial charge is 0.307 e. The fourth-order valence-corrected chi connectivity index (χ4v) is 3.42. The molecule has 1 spiro atoms. The quantitative estimate of drug-likeness (QED) is 0.899. The highest BCUT2D eigenvalue weighted by Gasteiger charge is 2.59. The first-order valence-electron chi connectivity index (χ1n) is 7.02. The molecular weight excluding hydrogens is 258 g/mol. The molecule has 1 atom stereocenters. The number of rotatable bonds is 2. The molecule has 1 amide bonds. The zero-order valence-corrected chi connectivity index (χ0v) is 11.8. The van der Waals surface area contributed by atoms with Gasteiger partial charge in [0.25, 0.3) is 5.91 Å². The highest BCUT2D eigenvalue weighted by molar-refractivity contribution is 5.95. The van der Waals surface area contributed by atoms with Gasteiger partial charge < -0.3 is 14.4 Å². The summed E-state index contributed by atoms with van der Waals surface area (Å²) < 4.78 is 5.40. The molecule has 0 radical (unpaired) electrons. The van der Waals surface area contributed by atoms with Crippen molar-refractivity contribution in [2.24, 2.45) is 11.3 Å². The second kappa shape index (κ2) is 4.36.